The van der Waals surface area contributed by atoms with Gasteiger partial charge in [0.15, 0.2) is 0 Å². The standard InChI is InChI=1S/C32H35N3O5/c1-3-40-29-26(13-9-19-33-29)28(36)34-23-16-20-35(21-17-23)30(37)25-15-18-32(31(38)39-2,22-10-5-4-6-11-22)27-14-8-7-12-24(25)27/h4-14,19,23,25H,3,15-18,20-21H2,1-2H3,(H,34,36)/t25-,32?/m1/s1. The van der Waals surface area contributed by atoms with Gasteiger partial charge in [0, 0.05) is 25.3 Å². The maximum absolute atomic E-state index is 13.9. The van der Waals surface area contributed by atoms with Gasteiger partial charge in [0.1, 0.15) is 11.0 Å². The molecule has 1 aromatic heterocycles. The summed E-state index contributed by atoms with van der Waals surface area (Å²) in [5.74, 6) is -0.482. The zero-order valence-corrected chi connectivity index (χ0v) is 23.0. The van der Waals surface area contributed by atoms with Gasteiger partial charge in [-0.25, -0.2) is 4.98 Å². The number of pyridine rings is 1. The van der Waals surface area contributed by atoms with Gasteiger partial charge in [-0.15, -0.1) is 0 Å². The van der Waals surface area contributed by atoms with Crippen molar-refractivity contribution in [1.82, 2.24) is 15.2 Å². The van der Waals surface area contributed by atoms with Crippen LogP contribution in [0.1, 0.15) is 65.6 Å². The molecule has 8 nitrogen and oxygen atoms in total. The minimum Gasteiger partial charge on any atom is -0.477 e. The third-order valence-electron chi connectivity index (χ3n) is 8.14. The van der Waals surface area contributed by atoms with Gasteiger partial charge in [0.05, 0.1) is 19.6 Å². The van der Waals surface area contributed by atoms with Crippen molar-refractivity contribution in [3.8, 4) is 5.88 Å². The third-order valence-corrected chi connectivity index (χ3v) is 8.14. The number of rotatable bonds is 7. The minimum atomic E-state index is -0.951. The molecule has 1 saturated heterocycles. The van der Waals surface area contributed by atoms with Crippen LogP contribution in [0.4, 0.5) is 0 Å². The Labute approximate surface area is 234 Å². The maximum atomic E-state index is 13.9. The van der Waals surface area contributed by atoms with Gasteiger partial charge >= 0.3 is 5.97 Å². The lowest BCUT2D eigenvalue weighted by Gasteiger charge is -2.42. The molecule has 0 bridgehead atoms. The van der Waals surface area contributed by atoms with E-state index in [1.165, 1.54) is 7.11 Å². The lowest BCUT2D eigenvalue weighted by atomic mass is 9.63. The fraction of sp³-hybridized carbons (Fsp3) is 0.375. The number of nitrogens with one attached hydrogen (secondary N) is 1. The van der Waals surface area contributed by atoms with Crippen LogP contribution in [0, 0.1) is 0 Å². The first-order chi connectivity index (χ1) is 19.5. The molecule has 2 amide bonds. The van der Waals surface area contributed by atoms with Crippen molar-refractivity contribution < 1.29 is 23.9 Å². The average molecular weight is 542 g/mol. The Morgan fingerprint density at radius 3 is 2.42 bits per heavy atom. The molecule has 8 heteroatoms. The molecule has 1 aliphatic heterocycles. The second kappa shape index (κ2) is 11.9. The quantitative estimate of drug-likeness (QED) is 0.450. The molecule has 1 aliphatic carbocycles. The summed E-state index contributed by atoms with van der Waals surface area (Å²) >= 11 is 0. The number of esters is 1. The highest BCUT2D eigenvalue weighted by Crippen LogP contribution is 2.48. The first-order valence-corrected chi connectivity index (χ1v) is 13.9. The van der Waals surface area contributed by atoms with Gasteiger partial charge < -0.3 is 19.7 Å². The molecule has 2 atom stereocenters. The number of carbonyl (C=O) groups excluding carboxylic acids is 3. The molecule has 1 N–H and O–H groups in total. The predicted octanol–water partition coefficient (Wildman–Crippen LogP) is 4.24. The Kier molecular flexibility index (Phi) is 8.14. The average Bonchev–Trinajstić information content (AvgIpc) is 3.01. The number of methoxy groups -OCH3 is 1. The SMILES string of the molecule is CCOc1ncccc1C(=O)NC1CCN(C(=O)[C@@H]2CCC(C(=O)OC)(c3ccccc3)c3ccccc32)CC1. The largest absolute Gasteiger partial charge is 0.477 e. The fourth-order valence-electron chi connectivity index (χ4n) is 6.17. The number of amides is 2. The first-order valence-electron chi connectivity index (χ1n) is 13.9. The maximum Gasteiger partial charge on any atom is 0.320 e. The molecule has 2 aliphatic rings. The molecular formula is C32H35N3O5. The van der Waals surface area contributed by atoms with E-state index in [9.17, 15) is 14.4 Å². The molecule has 5 rings (SSSR count). The lowest BCUT2D eigenvalue weighted by Crippen LogP contribution is -2.49. The molecule has 2 heterocycles. The topological polar surface area (TPSA) is 97.8 Å². The van der Waals surface area contributed by atoms with Crippen LogP contribution < -0.4 is 10.1 Å². The number of likely N-dealkylation sites (tertiary alicyclic amines) is 1. The molecule has 3 aromatic rings. The van der Waals surface area contributed by atoms with E-state index < -0.39 is 5.41 Å². The van der Waals surface area contributed by atoms with Crippen LogP contribution in [-0.2, 0) is 19.7 Å². The van der Waals surface area contributed by atoms with Gasteiger partial charge in [-0.2, -0.15) is 0 Å². The van der Waals surface area contributed by atoms with Gasteiger partial charge in [-0.1, -0.05) is 54.6 Å². The Morgan fingerprint density at radius 1 is 0.975 bits per heavy atom. The van der Waals surface area contributed by atoms with Crippen molar-refractivity contribution in [3.05, 3.63) is 95.2 Å². The van der Waals surface area contributed by atoms with E-state index in [4.69, 9.17) is 9.47 Å². The highest BCUT2D eigenvalue weighted by atomic mass is 16.5. The summed E-state index contributed by atoms with van der Waals surface area (Å²) < 4.78 is 10.8. The zero-order chi connectivity index (χ0) is 28.1. The van der Waals surface area contributed by atoms with Crippen molar-refractivity contribution in [2.24, 2.45) is 0 Å². The van der Waals surface area contributed by atoms with Crippen molar-refractivity contribution in [2.75, 3.05) is 26.8 Å². The number of fused-ring (bicyclic) bond motifs is 1. The van der Waals surface area contributed by atoms with E-state index in [0.717, 1.165) is 16.7 Å². The highest BCUT2D eigenvalue weighted by molar-refractivity contribution is 5.96. The predicted molar refractivity (Wildman–Crippen MR) is 150 cm³/mol. The number of aromatic nitrogens is 1. The summed E-state index contributed by atoms with van der Waals surface area (Å²) in [5.41, 5.74) is 2.05. The number of nitrogens with zero attached hydrogens (tertiary/aromatic N) is 2. The van der Waals surface area contributed by atoms with Crippen LogP contribution in [0.2, 0.25) is 0 Å². The van der Waals surface area contributed by atoms with Crippen LogP contribution in [0.5, 0.6) is 5.88 Å². The summed E-state index contributed by atoms with van der Waals surface area (Å²) in [6.45, 7) is 3.38. The summed E-state index contributed by atoms with van der Waals surface area (Å²) in [7, 11) is 1.42. The Balaban J connectivity index is 1.30. The normalized spacial score (nSPS) is 20.8. The monoisotopic (exact) mass is 541 g/mol. The molecule has 208 valence electrons. The van der Waals surface area contributed by atoms with Gasteiger partial charge in [0.2, 0.25) is 11.8 Å². The summed E-state index contributed by atoms with van der Waals surface area (Å²) in [5, 5.41) is 3.09. The molecule has 1 fully saturated rings. The summed E-state index contributed by atoms with van der Waals surface area (Å²) in [6, 6.07) is 20.8. The Morgan fingerprint density at radius 2 is 1.70 bits per heavy atom. The molecule has 1 unspecified atom stereocenters. The van der Waals surface area contributed by atoms with Gasteiger partial charge in [0.25, 0.3) is 5.91 Å². The highest BCUT2D eigenvalue weighted by Gasteiger charge is 2.49. The second-order valence-corrected chi connectivity index (χ2v) is 10.3. The van der Waals surface area contributed by atoms with Crippen molar-refractivity contribution >= 4 is 17.8 Å². The van der Waals surface area contributed by atoms with E-state index in [2.05, 4.69) is 10.3 Å². The number of benzene rings is 2. The number of hydrogen-bond acceptors (Lipinski definition) is 6. The van der Waals surface area contributed by atoms with Crippen LogP contribution in [0.15, 0.2) is 72.9 Å². The first kappa shape index (κ1) is 27.4. The molecule has 0 radical (unpaired) electrons. The zero-order valence-electron chi connectivity index (χ0n) is 23.0. The van der Waals surface area contributed by atoms with E-state index >= 15 is 0 Å². The van der Waals surface area contributed by atoms with Crippen LogP contribution >= 0.6 is 0 Å². The van der Waals surface area contributed by atoms with Gasteiger partial charge in [-0.3, -0.25) is 14.4 Å². The lowest BCUT2D eigenvalue weighted by molar-refractivity contribution is -0.147. The number of piperidine rings is 1. The van der Waals surface area contributed by atoms with Crippen molar-refractivity contribution in [3.63, 3.8) is 0 Å². The number of hydrogen-bond donors (Lipinski definition) is 1. The van der Waals surface area contributed by atoms with E-state index in [0.29, 0.717) is 56.8 Å². The minimum absolute atomic E-state index is 0.0464. The molecule has 0 spiro atoms. The van der Waals surface area contributed by atoms with E-state index in [-0.39, 0.29) is 29.7 Å². The van der Waals surface area contributed by atoms with Crippen LogP contribution in [0.25, 0.3) is 0 Å². The summed E-state index contributed by atoms with van der Waals surface area (Å²) in [6.07, 6.45) is 3.94. The van der Waals surface area contributed by atoms with Gasteiger partial charge in [-0.05, 0) is 61.4 Å². The molecule has 2 aromatic carbocycles. The molecular weight excluding hydrogens is 506 g/mol. The fourth-order valence-corrected chi connectivity index (χ4v) is 6.17. The third kappa shape index (κ3) is 5.06. The van der Waals surface area contributed by atoms with Crippen LogP contribution in [0.3, 0.4) is 0 Å². The number of carbonyl (C=O) groups is 3. The van der Waals surface area contributed by atoms with E-state index in [1.807, 2.05) is 66.4 Å². The molecule has 0 saturated carbocycles. The van der Waals surface area contributed by atoms with E-state index in [1.54, 1.807) is 18.3 Å². The second-order valence-electron chi connectivity index (χ2n) is 10.3. The Hall–Kier alpha value is -4.20. The Bertz CT molecular complexity index is 1370. The van der Waals surface area contributed by atoms with Crippen molar-refractivity contribution in [1.29, 1.82) is 0 Å². The number of ether oxygens (including phenoxy) is 2. The summed E-state index contributed by atoms with van der Waals surface area (Å²) in [4.78, 5) is 46.2. The molecule has 40 heavy (non-hydrogen) atoms. The van der Waals surface area contributed by atoms with Crippen LogP contribution in [-0.4, -0.2) is 60.5 Å². The van der Waals surface area contributed by atoms with Crippen molar-refractivity contribution in [2.45, 2.75) is 50.0 Å². The smallest absolute Gasteiger partial charge is 0.320 e.